The van der Waals surface area contributed by atoms with Crippen LogP contribution in [0.25, 0.3) is 11.1 Å². The number of Topliss-reactive ketones (excluding diaryl/α,β-unsaturated/α-hetero) is 1. The lowest BCUT2D eigenvalue weighted by atomic mass is 9.97. The molecule has 3 rings (SSSR count). The third-order valence-electron chi connectivity index (χ3n) is 5.12. The number of rotatable bonds is 10. The molecule has 0 spiro atoms. The van der Waals surface area contributed by atoms with Gasteiger partial charge >= 0.3 is 0 Å². The van der Waals surface area contributed by atoms with Crippen molar-refractivity contribution >= 4 is 21.7 Å². The highest BCUT2D eigenvalue weighted by Crippen LogP contribution is 2.29. The van der Waals surface area contributed by atoms with E-state index in [0.717, 1.165) is 29.7 Å². The van der Waals surface area contributed by atoms with Gasteiger partial charge in [-0.25, -0.2) is 0 Å². The summed E-state index contributed by atoms with van der Waals surface area (Å²) in [6.07, 6.45) is 1.51. The second kappa shape index (κ2) is 11.1. The van der Waals surface area contributed by atoms with Gasteiger partial charge in [0, 0.05) is 13.0 Å². The molecule has 0 aliphatic carbocycles. The van der Waals surface area contributed by atoms with Crippen LogP contribution in [0.15, 0.2) is 71.2 Å². The molecule has 0 heterocycles. The summed E-state index contributed by atoms with van der Waals surface area (Å²) < 4.78 is 7.06. The maximum atomic E-state index is 11.0. The quantitative estimate of drug-likeness (QED) is 0.349. The van der Waals surface area contributed by atoms with Crippen LogP contribution in [-0.4, -0.2) is 12.3 Å². The minimum absolute atomic E-state index is 0.241. The summed E-state index contributed by atoms with van der Waals surface area (Å²) in [5, 5.41) is 3.38. The maximum absolute atomic E-state index is 11.0. The monoisotopic (exact) mass is 465 g/mol. The summed E-state index contributed by atoms with van der Waals surface area (Å²) in [6.45, 7) is 5.92. The molecular formula is C26H28BrNO2. The fourth-order valence-corrected chi connectivity index (χ4v) is 3.93. The molecule has 0 saturated carbocycles. The normalized spacial score (nSPS) is 10.8. The first kappa shape index (κ1) is 22.3. The van der Waals surface area contributed by atoms with Crippen molar-refractivity contribution in [3.05, 3.63) is 87.9 Å². The van der Waals surface area contributed by atoms with Crippen LogP contribution >= 0.6 is 15.9 Å². The summed E-state index contributed by atoms with van der Waals surface area (Å²) in [6, 6.07) is 23.0. The summed E-state index contributed by atoms with van der Waals surface area (Å²) in [4.78, 5) is 11.0. The topological polar surface area (TPSA) is 38.3 Å². The maximum Gasteiger partial charge on any atom is 0.134 e. The first-order chi connectivity index (χ1) is 14.5. The van der Waals surface area contributed by atoms with Crippen molar-refractivity contribution in [2.24, 2.45) is 0 Å². The minimum Gasteiger partial charge on any atom is -0.488 e. The van der Waals surface area contributed by atoms with Gasteiger partial charge in [-0.3, -0.25) is 0 Å². The lowest BCUT2D eigenvalue weighted by molar-refractivity contribution is -0.117. The van der Waals surface area contributed by atoms with E-state index in [0.29, 0.717) is 13.0 Å². The number of nitrogens with one attached hydrogen (secondary N) is 1. The van der Waals surface area contributed by atoms with Gasteiger partial charge in [0.1, 0.15) is 18.1 Å². The zero-order valence-corrected chi connectivity index (χ0v) is 19.2. The third kappa shape index (κ3) is 6.28. The van der Waals surface area contributed by atoms with E-state index < -0.39 is 0 Å². The highest BCUT2D eigenvalue weighted by atomic mass is 79.9. The van der Waals surface area contributed by atoms with Crippen LogP contribution in [0.4, 0.5) is 0 Å². The molecule has 4 heteroatoms. The minimum atomic E-state index is 0.241. The fraction of sp³-hybridized carbons (Fsp3) is 0.269. The third-order valence-corrected chi connectivity index (χ3v) is 5.74. The highest BCUT2D eigenvalue weighted by Gasteiger charge is 2.08. The van der Waals surface area contributed by atoms with Gasteiger partial charge in [0.25, 0.3) is 0 Å². The number of ketones is 1. The van der Waals surface area contributed by atoms with E-state index in [1.54, 1.807) is 6.92 Å². The van der Waals surface area contributed by atoms with Crippen LogP contribution in [-0.2, 0) is 17.9 Å². The molecule has 0 aliphatic rings. The molecule has 0 unspecified atom stereocenters. The van der Waals surface area contributed by atoms with Crippen molar-refractivity contribution in [2.45, 2.75) is 39.8 Å². The first-order valence-electron chi connectivity index (χ1n) is 10.3. The number of halogens is 1. The molecule has 156 valence electrons. The second-order valence-electron chi connectivity index (χ2n) is 7.49. The van der Waals surface area contributed by atoms with E-state index in [4.69, 9.17) is 4.74 Å². The average molecular weight is 466 g/mol. The number of hydrogen-bond donors (Lipinski definition) is 1. The van der Waals surface area contributed by atoms with Crippen molar-refractivity contribution in [2.75, 3.05) is 6.54 Å². The zero-order valence-electron chi connectivity index (χ0n) is 17.6. The lowest BCUT2D eigenvalue weighted by Gasteiger charge is -2.14. The SMILES string of the molecule is CC(=O)CCCNCc1ccc(OCc2cccc(-c3ccccc3)c2C)c(Br)c1. The second-order valence-corrected chi connectivity index (χ2v) is 8.35. The Morgan fingerprint density at radius 1 is 1.03 bits per heavy atom. The Hall–Kier alpha value is -2.43. The molecule has 0 bridgehead atoms. The van der Waals surface area contributed by atoms with Crippen molar-refractivity contribution in [1.29, 1.82) is 0 Å². The molecule has 0 aliphatic heterocycles. The lowest BCUT2D eigenvalue weighted by Crippen LogP contribution is -2.15. The molecule has 0 amide bonds. The number of benzene rings is 3. The van der Waals surface area contributed by atoms with E-state index in [1.807, 2.05) is 12.1 Å². The van der Waals surface area contributed by atoms with Gasteiger partial charge < -0.3 is 14.8 Å². The van der Waals surface area contributed by atoms with Crippen LogP contribution in [0.5, 0.6) is 5.75 Å². The van der Waals surface area contributed by atoms with Gasteiger partial charge in [0.2, 0.25) is 0 Å². The van der Waals surface area contributed by atoms with Gasteiger partial charge in [0.05, 0.1) is 4.47 Å². The number of ether oxygens (including phenoxy) is 1. The molecule has 30 heavy (non-hydrogen) atoms. The first-order valence-corrected chi connectivity index (χ1v) is 11.1. The number of carbonyl (C=O) groups is 1. The largest absolute Gasteiger partial charge is 0.488 e. The number of carbonyl (C=O) groups excluding carboxylic acids is 1. The molecule has 0 fully saturated rings. The van der Waals surface area contributed by atoms with Crippen molar-refractivity contribution in [1.82, 2.24) is 5.32 Å². The van der Waals surface area contributed by atoms with Crippen LogP contribution in [0.2, 0.25) is 0 Å². The Kier molecular flexibility index (Phi) is 8.23. The highest BCUT2D eigenvalue weighted by molar-refractivity contribution is 9.10. The Labute approximate surface area is 187 Å². The molecule has 3 nitrogen and oxygen atoms in total. The molecule has 0 saturated heterocycles. The summed E-state index contributed by atoms with van der Waals surface area (Å²) in [5.41, 5.74) is 6.06. The molecule has 3 aromatic carbocycles. The predicted molar refractivity (Wildman–Crippen MR) is 127 cm³/mol. The Balaban J connectivity index is 1.59. The van der Waals surface area contributed by atoms with Crippen LogP contribution in [0, 0.1) is 6.92 Å². The Morgan fingerprint density at radius 3 is 2.57 bits per heavy atom. The predicted octanol–water partition coefficient (Wildman–Crippen LogP) is 6.46. The zero-order chi connectivity index (χ0) is 21.3. The van der Waals surface area contributed by atoms with Crippen molar-refractivity contribution in [3.8, 4) is 16.9 Å². The summed E-state index contributed by atoms with van der Waals surface area (Å²) in [7, 11) is 0. The average Bonchev–Trinajstić information content (AvgIpc) is 2.74. The molecule has 3 aromatic rings. The fourth-order valence-electron chi connectivity index (χ4n) is 3.39. The van der Waals surface area contributed by atoms with Crippen molar-refractivity contribution < 1.29 is 9.53 Å². The van der Waals surface area contributed by atoms with Gasteiger partial charge in [-0.2, -0.15) is 0 Å². The van der Waals surface area contributed by atoms with E-state index in [1.165, 1.54) is 27.8 Å². The molecular weight excluding hydrogens is 438 g/mol. The van der Waals surface area contributed by atoms with Crippen LogP contribution in [0.3, 0.4) is 0 Å². The Bertz CT molecular complexity index is 986. The summed E-state index contributed by atoms with van der Waals surface area (Å²) >= 11 is 3.63. The van der Waals surface area contributed by atoms with Gasteiger partial charge in [0.15, 0.2) is 0 Å². The van der Waals surface area contributed by atoms with E-state index in [9.17, 15) is 4.79 Å². The molecule has 1 N–H and O–H groups in total. The standard InChI is InChI=1S/C26H28BrNO2/c1-19(29)8-7-15-28-17-21-13-14-26(25(27)16-21)30-18-23-11-6-12-24(20(23)2)22-9-4-3-5-10-22/h3-6,9-14,16,28H,7-8,15,17-18H2,1-2H3. The smallest absolute Gasteiger partial charge is 0.134 e. The Morgan fingerprint density at radius 2 is 1.83 bits per heavy atom. The van der Waals surface area contributed by atoms with Crippen molar-refractivity contribution in [3.63, 3.8) is 0 Å². The molecule has 0 aromatic heterocycles. The van der Waals surface area contributed by atoms with E-state index >= 15 is 0 Å². The van der Waals surface area contributed by atoms with Gasteiger partial charge in [-0.1, -0.05) is 54.6 Å². The van der Waals surface area contributed by atoms with Gasteiger partial charge in [-0.05, 0) is 82.7 Å². The van der Waals surface area contributed by atoms with Gasteiger partial charge in [-0.15, -0.1) is 0 Å². The summed E-state index contributed by atoms with van der Waals surface area (Å²) in [5.74, 6) is 1.07. The van der Waals surface area contributed by atoms with E-state index in [-0.39, 0.29) is 5.78 Å². The van der Waals surface area contributed by atoms with E-state index in [2.05, 4.69) is 82.8 Å². The molecule has 0 atom stereocenters. The molecule has 0 radical (unpaired) electrons. The van der Waals surface area contributed by atoms with Crippen LogP contribution in [0.1, 0.15) is 36.5 Å². The van der Waals surface area contributed by atoms with Crippen LogP contribution < -0.4 is 10.1 Å². The number of hydrogen-bond acceptors (Lipinski definition) is 3.